The van der Waals surface area contributed by atoms with E-state index in [2.05, 4.69) is 42.2 Å². The Labute approximate surface area is 110 Å². The van der Waals surface area contributed by atoms with Crippen LogP contribution in [0.3, 0.4) is 0 Å². The molecule has 0 radical (unpaired) electrons. The molecular formula is C14H26N4. The zero-order valence-corrected chi connectivity index (χ0v) is 12.1. The molecule has 2 unspecified atom stereocenters. The van der Waals surface area contributed by atoms with Gasteiger partial charge in [-0.3, -0.25) is 9.58 Å². The topological polar surface area (TPSA) is 33.1 Å². The smallest absolute Gasteiger partial charge is 0.0597 e. The van der Waals surface area contributed by atoms with Gasteiger partial charge in [0, 0.05) is 39.3 Å². The molecule has 2 rings (SSSR count). The predicted octanol–water partition coefficient (Wildman–Crippen LogP) is 1.55. The molecule has 1 aromatic heterocycles. The molecule has 2 heterocycles. The van der Waals surface area contributed by atoms with E-state index in [4.69, 9.17) is 0 Å². The summed E-state index contributed by atoms with van der Waals surface area (Å²) in [6.45, 7) is 11.1. The predicted molar refractivity (Wildman–Crippen MR) is 74.5 cm³/mol. The first-order chi connectivity index (χ1) is 8.60. The van der Waals surface area contributed by atoms with Crippen molar-refractivity contribution in [3.63, 3.8) is 0 Å². The fourth-order valence-corrected chi connectivity index (χ4v) is 2.69. The molecule has 2 atom stereocenters. The third kappa shape index (κ3) is 3.12. The zero-order chi connectivity index (χ0) is 13.1. The van der Waals surface area contributed by atoms with Crippen LogP contribution in [0.1, 0.15) is 31.7 Å². The molecule has 1 saturated heterocycles. The number of piperazine rings is 1. The zero-order valence-electron chi connectivity index (χ0n) is 12.1. The van der Waals surface area contributed by atoms with E-state index in [1.165, 1.54) is 12.1 Å². The van der Waals surface area contributed by atoms with E-state index < -0.39 is 0 Å². The molecule has 0 bridgehead atoms. The van der Waals surface area contributed by atoms with Crippen LogP contribution in [0.5, 0.6) is 0 Å². The third-order valence-electron chi connectivity index (χ3n) is 4.10. The van der Waals surface area contributed by atoms with Gasteiger partial charge in [0.2, 0.25) is 0 Å². The number of hydrogen-bond acceptors (Lipinski definition) is 3. The van der Waals surface area contributed by atoms with E-state index >= 15 is 0 Å². The highest BCUT2D eigenvalue weighted by molar-refractivity contribution is 5.08. The van der Waals surface area contributed by atoms with Crippen molar-refractivity contribution < 1.29 is 0 Å². The minimum atomic E-state index is 0.637. The van der Waals surface area contributed by atoms with E-state index in [1.54, 1.807) is 0 Å². The van der Waals surface area contributed by atoms with E-state index in [-0.39, 0.29) is 0 Å². The highest BCUT2D eigenvalue weighted by Gasteiger charge is 2.23. The van der Waals surface area contributed by atoms with Crippen molar-refractivity contribution in [2.45, 2.75) is 39.8 Å². The summed E-state index contributed by atoms with van der Waals surface area (Å²) in [7, 11) is 2.04. The molecule has 18 heavy (non-hydrogen) atoms. The van der Waals surface area contributed by atoms with Crippen LogP contribution in [0, 0.1) is 12.8 Å². The minimum Gasteiger partial charge on any atom is -0.311 e. The second kappa shape index (κ2) is 5.85. The Balaban J connectivity index is 1.95. The quantitative estimate of drug-likeness (QED) is 0.880. The van der Waals surface area contributed by atoms with Gasteiger partial charge in [-0.25, -0.2) is 0 Å². The van der Waals surface area contributed by atoms with E-state index in [9.17, 15) is 0 Å². The molecule has 0 aliphatic carbocycles. The number of nitrogens with zero attached hydrogens (tertiary/aromatic N) is 3. The Hall–Kier alpha value is -0.870. The Morgan fingerprint density at radius 1 is 1.56 bits per heavy atom. The van der Waals surface area contributed by atoms with Gasteiger partial charge in [0.15, 0.2) is 0 Å². The average Bonchev–Trinajstić information content (AvgIpc) is 2.67. The summed E-state index contributed by atoms with van der Waals surface area (Å²) in [5.74, 6) is 0.751. The standard InChI is InChI=1S/C14H26N4/c1-5-11(2)14-10-18(7-6-15-14)9-13-8-12(3)16-17(13)4/h8,11,14-15H,5-7,9-10H2,1-4H3. The number of hydrogen-bond donors (Lipinski definition) is 1. The van der Waals surface area contributed by atoms with Crippen LogP contribution in [-0.4, -0.2) is 40.4 Å². The highest BCUT2D eigenvalue weighted by Crippen LogP contribution is 2.14. The van der Waals surface area contributed by atoms with Gasteiger partial charge in [-0.2, -0.15) is 5.10 Å². The van der Waals surface area contributed by atoms with Crippen LogP contribution in [-0.2, 0) is 13.6 Å². The molecule has 1 N–H and O–H groups in total. The van der Waals surface area contributed by atoms with Crippen LogP contribution in [0.4, 0.5) is 0 Å². The third-order valence-corrected chi connectivity index (χ3v) is 4.10. The first-order valence-electron chi connectivity index (χ1n) is 7.05. The first-order valence-corrected chi connectivity index (χ1v) is 7.05. The molecule has 1 aromatic rings. The van der Waals surface area contributed by atoms with Crippen LogP contribution in [0.15, 0.2) is 6.07 Å². The minimum absolute atomic E-state index is 0.637. The van der Waals surface area contributed by atoms with E-state index in [0.29, 0.717) is 6.04 Å². The molecule has 0 spiro atoms. The first kappa shape index (κ1) is 13.6. The summed E-state index contributed by atoms with van der Waals surface area (Å²) in [6, 6.07) is 2.83. The molecule has 4 heteroatoms. The lowest BCUT2D eigenvalue weighted by atomic mass is 9.97. The summed E-state index contributed by atoms with van der Waals surface area (Å²) in [5.41, 5.74) is 2.43. The van der Waals surface area contributed by atoms with Crippen LogP contribution >= 0.6 is 0 Å². The lowest BCUT2D eigenvalue weighted by Crippen LogP contribution is -2.52. The molecular weight excluding hydrogens is 224 g/mol. The Morgan fingerprint density at radius 2 is 2.33 bits per heavy atom. The van der Waals surface area contributed by atoms with E-state index in [1.807, 2.05) is 11.7 Å². The summed E-state index contributed by atoms with van der Waals surface area (Å²) >= 11 is 0. The van der Waals surface area contributed by atoms with Gasteiger partial charge in [0.1, 0.15) is 0 Å². The number of aryl methyl sites for hydroxylation is 2. The molecule has 0 saturated carbocycles. The number of aromatic nitrogens is 2. The van der Waals surface area contributed by atoms with Gasteiger partial charge >= 0.3 is 0 Å². The summed E-state index contributed by atoms with van der Waals surface area (Å²) in [4.78, 5) is 2.55. The van der Waals surface area contributed by atoms with Gasteiger partial charge in [0.25, 0.3) is 0 Å². The SMILES string of the molecule is CCC(C)C1CN(Cc2cc(C)nn2C)CCN1. The maximum Gasteiger partial charge on any atom is 0.0597 e. The fourth-order valence-electron chi connectivity index (χ4n) is 2.69. The Bertz CT molecular complexity index is 385. The van der Waals surface area contributed by atoms with Crippen molar-refractivity contribution in [1.29, 1.82) is 0 Å². The summed E-state index contributed by atoms with van der Waals surface area (Å²) in [6.07, 6.45) is 1.25. The molecule has 0 aromatic carbocycles. The van der Waals surface area contributed by atoms with Gasteiger partial charge in [0.05, 0.1) is 11.4 Å². The van der Waals surface area contributed by atoms with Crippen molar-refractivity contribution in [1.82, 2.24) is 20.0 Å². The fraction of sp³-hybridized carbons (Fsp3) is 0.786. The molecule has 1 aliphatic heterocycles. The van der Waals surface area contributed by atoms with Crippen molar-refractivity contribution in [3.8, 4) is 0 Å². The van der Waals surface area contributed by atoms with Crippen molar-refractivity contribution in [3.05, 3.63) is 17.5 Å². The molecule has 1 fully saturated rings. The van der Waals surface area contributed by atoms with Crippen LogP contribution in [0.25, 0.3) is 0 Å². The maximum absolute atomic E-state index is 4.42. The molecule has 1 aliphatic rings. The summed E-state index contributed by atoms with van der Waals surface area (Å²) in [5, 5.41) is 8.06. The number of nitrogens with one attached hydrogen (secondary N) is 1. The second-order valence-corrected chi connectivity index (χ2v) is 5.58. The van der Waals surface area contributed by atoms with Gasteiger partial charge in [-0.15, -0.1) is 0 Å². The maximum atomic E-state index is 4.42. The van der Waals surface area contributed by atoms with Gasteiger partial charge in [-0.05, 0) is 18.9 Å². The molecule has 4 nitrogen and oxygen atoms in total. The molecule has 0 amide bonds. The lowest BCUT2D eigenvalue weighted by Gasteiger charge is -2.36. The van der Waals surface area contributed by atoms with Crippen LogP contribution < -0.4 is 5.32 Å². The van der Waals surface area contributed by atoms with Crippen LogP contribution in [0.2, 0.25) is 0 Å². The Morgan fingerprint density at radius 3 is 2.94 bits per heavy atom. The summed E-state index contributed by atoms with van der Waals surface area (Å²) < 4.78 is 2.01. The monoisotopic (exact) mass is 250 g/mol. The highest BCUT2D eigenvalue weighted by atomic mass is 15.3. The largest absolute Gasteiger partial charge is 0.311 e. The van der Waals surface area contributed by atoms with Gasteiger partial charge in [-0.1, -0.05) is 20.3 Å². The van der Waals surface area contributed by atoms with Crippen molar-refractivity contribution in [2.24, 2.45) is 13.0 Å². The number of rotatable bonds is 4. The van der Waals surface area contributed by atoms with Gasteiger partial charge < -0.3 is 5.32 Å². The Kier molecular flexibility index (Phi) is 4.40. The second-order valence-electron chi connectivity index (χ2n) is 5.58. The molecule has 102 valence electrons. The van der Waals surface area contributed by atoms with E-state index in [0.717, 1.165) is 37.8 Å². The van der Waals surface area contributed by atoms with Crippen molar-refractivity contribution in [2.75, 3.05) is 19.6 Å². The lowest BCUT2D eigenvalue weighted by molar-refractivity contribution is 0.159. The normalized spacial score (nSPS) is 23.2. The van der Waals surface area contributed by atoms with Crippen molar-refractivity contribution >= 4 is 0 Å². The average molecular weight is 250 g/mol.